The Morgan fingerprint density at radius 3 is 2.63 bits per heavy atom. The summed E-state index contributed by atoms with van der Waals surface area (Å²) in [6.45, 7) is 6.23. The Labute approximate surface area is 184 Å². The lowest BCUT2D eigenvalue weighted by Crippen LogP contribution is -2.21. The van der Waals surface area contributed by atoms with Gasteiger partial charge in [0.2, 0.25) is 0 Å². The number of benzene rings is 1. The quantitative estimate of drug-likeness (QED) is 0.370. The van der Waals surface area contributed by atoms with Gasteiger partial charge >= 0.3 is 0 Å². The molecule has 4 rings (SSSR count). The van der Waals surface area contributed by atoms with Crippen LogP contribution in [-0.2, 0) is 4.79 Å². The van der Waals surface area contributed by atoms with Crippen molar-refractivity contribution in [2.75, 3.05) is 18.0 Å². The molecule has 1 fully saturated rings. The summed E-state index contributed by atoms with van der Waals surface area (Å²) >= 11 is 6.24. The summed E-state index contributed by atoms with van der Waals surface area (Å²) in [6, 6.07) is 10.0. The number of carbonyl (C=O) groups is 1. The van der Waals surface area contributed by atoms with Crippen LogP contribution in [0.1, 0.15) is 30.7 Å². The van der Waals surface area contributed by atoms with Crippen LogP contribution in [0.2, 0.25) is 0 Å². The van der Waals surface area contributed by atoms with Gasteiger partial charge in [-0.05, 0) is 44.2 Å². The molecule has 0 radical (unpaired) electrons. The average Bonchev–Trinajstić information content (AvgIpc) is 3.30. The molecule has 5 nitrogen and oxygen atoms in total. The van der Waals surface area contributed by atoms with Crippen molar-refractivity contribution in [2.24, 2.45) is 0 Å². The number of anilines is 1. The van der Waals surface area contributed by atoms with Crippen molar-refractivity contribution in [1.29, 1.82) is 0 Å². The van der Waals surface area contributed by atoms with Crippen LogP contribution in [0.3, 0.4) is 0 Å². The van der Waals surface area contributed by atoms with Crippen molar-refractivity contribution >= 4 is 56.9 Å². The van der Waals surface area contributed by atoms with Gasteiger partial charge in [0.15, 0.2) is 5.58 Å². The number of amides is 1. The minimum Gasteiger partial charge on any atom is -0.455 e. The minimum atomic E-state index is -0.211. The highest BCUT2D eigenvalue weighted by Crippen LogP contribution is 2.29. The van der Waals surface area contributed by atoms with E-state index in [9.17, 15) is 4.79 Å². The van der Waals surface area contributed by atoms with Crippen molar-refractivity contribution in [1.82, 2.24) is 10.3 Å². The molecular formula is C23H19N3O2S2. The first-order valence-electron chi connectivity index (χ1n) is 9.56. The molecular weight excluding hydrogens is 414 g/mol. The lowest BCUT2D eigenvalue weighted by atomic mass is 10.1. The Morgan fingerprint density at radius 2 is 1.97 bits per heavy atom. The normalized spacial score (nSPS) is 14.7. The number of aromatic nitrogens is 1. The van der Waals surface area contributed by atoms with Gasteiger partial charge in [-0.2, -0.15) is 0 Å². The molecule has 0 aliphatic carbocycles. The zero-order valence-electron chi connectivity index (χ0n) is 16.6. The van der Waals surface area contributed by atoms with Crippen LogP contribution in [0.25, 0.3) is 17.0 Å². The maximum atomic E-state index is 11.9. The summed E-state index contributed by atoms with van der Waals surface area (Å²) in [5.74, 6) is 6.69. The highest BCUT2D eigenvalue weighted by molar-refractivity contribution is 8.26. The van der Waals surface area contributed by atoms with E-state index in [2.05, 4.69) is 53.0 Å². The first-order valence-corrected chi connectivity index (χ1v) is 10.8. The number of thiocarbonyl (C=S) groups is 1. The molecule has 0 saturated carbocycles. The van der Waals surface area contributed by atoms with Crippen LogP contribution >= 0.6 is 24.0 Å². The van der Waals surface area contributed by atoms with Crippen LogP contribution in [0.5, 0.6) is 0 Å². The van der Waals surface area contributed by atoms with E-state index in [4.69, 9.17) is 16.6 Å². The van der Waals surface area contributed by atoms with Gasteiger partial charge in [-0.3, -0.25) is 9.78 Å². The zero-order valence-corrected chi connectivity index (χ0v) is 18.2. The number of fused-ring (bicyclic) bond motifs is 1. The van der Waals surface area contributed by atoms with Gasteiger partial charge < -0.3 is 14.6 Å². The van der Waals surface area contributed by atoms with Gasteiger partial charge in [-0.15, -0.1) is 0 Å². The molecule has 0 unspecified atom stereocenters. The molecule has 1 aromatic carbocycles. The second-order valence-electron chi connectivity index (χ2n) is 6.58. The minimum absolute atomic E-state index is 0.211. The van der Waals surface area contributed by atoms with E-state index < -0.39 is 0 Å². The monoisotopic (exact) mass is 433 g/mol. The summed E-state index contributed by atoms with van der Waals surface area (Å²) in [5.41, 5.74) is 3.45. The number of carbonyl (C=O) groups excluding carboxylic acids is 1. The van der Waals surface area contributed by atoms with Crippen molar-refractivity contribution < 1.29 is 9.21 Å². The third-order valence-corrected chi connectivity index (χ3v) is 5.86. The standard InChI is InChI=1S/C23H19N3O2S2/c1-3-26(4-2)18-9-6-15(7-10-18)5-8-16-13-24-14-17-11-19(28-21(16)17)12-20-22(27)25-23(29)30-20/h6-7,9-14H,3-4H2,1-2H3,(H,25,27,29)/b20-12-. The van der Waals surface area contributed by atoms with Gasteiger partial charge in [0.05, 0.1) is 10.5 Å². The second-order valence-corrected chi connectivity index (χ2v) is 8.29. The van der Waals surface area contributed by atoms with Gasteiger partial charge in [-0.1, -0.05) is 35.8 Å². The van der Waals surface area contributed by atoms with E-state index in [0.717, 1.165) is 24.0 Å². The van der Waals surface area contributed by atoms with Crippen molar-refractivity contribution in [3.05, 3.63) is 64.5 Å². The molecule has 7 heteroatoms. The van der Waals surface area contributed by atoms with Gasteiger partial charge in [0, 0.05) is 48.2 Å². The Hall–Kier alpha value is -3.08. The van der Waals surface area contributed by atoms with Gasteiger partial charge in [-0.25, -0.2) is 0 Å². The number of pyridine rings is 1. The van der Waals surface area contributed by atoms with E-state index in [1.54, 1.807) is 18.5 Å². The molecule has 1 aliphatic heterocycles. The predicted molar refractivity (Wildman–Crippen MR) is 126 cm³/mol. The fraction of sp³-hybridized carbons (Fsp3) is 0.174. The molecule has 1 amide bonds. The predicted octanol–water partition coefficient (Wildman–Crippen LogP) is 4.56. The Balaban J connectivity index is 1.62. The van der Waals surface area contributed by atoms with Crippen LogP contribution in [-0.4, -0.2) is 28.3 Å². The number of thioether (sulfide) groups is 1. The number of nitrogens with one attached hydrogen (secondary N) is 1. The molecule has 3 aromatic rings. The summed E-state index contributed by atoms with van der Waals surface area (Å²) in [4.78, 5) is 18.9. The zero-order chi connectivity index (χ0) is 21.1. The molecule has 0 bridgehead atoms. The molecule has 1 aliphatic rings. The lowest BCUT2D eigenvalue weighted by molar-refractivity contribution is -0.115. The van der Waals surface area contributed by atoms with Crippen molar-refractivity contribution in [3.8, 4) is 11.8 Å². The van der Waals surface area contributed by atoms with Crippen LogP contribution in [0.15, 0.2) is 52.0 Å². The third kappa shape index (κ3) is 4.25. The molecule has 0 atom stereocenters. The summed E-state index contributed by atoms with van der Waals surface area (Å²) in [6.07, 6.45) is 5.09. The molecule has 1 saturated heterocycles. The van der Waals surface area contributed by atoms with E-state index in [1.165, 1.54) is 17.4 Å². The summed E-state index contributed by atoms with van der Waals surface area (Å²) < 4.78 is 6.40. The second kappa shape index (κ2) is 8.74. The van der Waals surface area contributed by atoms with E-state index in [-0.39, 0.29) is 5.91 Å². The van der Waals surface area contributed by atoms with Crippen molar-refractivity contribution in [2.45, 2.75) is 13.8 Å². The smallest absolute Gasteiger partial charge is 0.263 e. The SMILES string of the molecule is CCN(CC)c1ccc(C#Cc2cncc3cc(/C=C4\SC(=S)NC4=O)oc23)cc1. The average molecular weight is 434 g/mol. The summed E-state index contributed by atoms with van der Waals surface area (Å²) in [7, 11) is 0. The van der Waals surface area contributed by atoms with E-state index >= 15 is 0 Å². The largest absolute Gasteiger partial charge is 0.455 e. The van der Waals surface area contributed by atoms with Crippen LogP contribution < -0.4 is 10.2 Å². The summed E-state index contributed by atoms with van der Waals surface area (Å²) in [5, 5.41) is 3.43. The van der Waals surface area contributed by atoms with Gasteiger partial charge in [0.25, 0.3) is 5.91 Å². The maximum absolute atomic E-state index is 11.9. The highest BCUT2D eigenvalue weighted by Gasteiger charge is 2.22. The first-order chi connectivity index (χ1) is 14.6. The first kappa shape index (κ1) is 20.2. The van der Waals surface area contributed by atoms with Crippen molar-refractivity contribution in [3.63, 3.8) is 0 Å². The molecule has 150 valence electrons. The Kier molecular flexibility index (Phi) is 5.88. The molecule has 3 heterocycles. The lowest BCUT2D eigenvalue weighted by Gasteiger charge is -2.20. The van der Waals surface area contributed by atoms with Gasteiger partial charge in [0.1, 0.15) is 10.1 Å². The maximum Gasteiger partial charge on any atom is 0.263 e. The Morgan fingerprint density at radius 1 is 1.20 bits per heavy atom. The Bertz CT molecular complexity index is 1210. The van der Waals surface area contributed by atoms with E-state index in [0.29, 0.717) is 26.1 Å². The number of nitrogens with zero attached hydrogens (tertiary/aromatic N) is 2. The molecule has 30 heavy (non-hydrogen) atoms. The molecule has 2 aromatic heterocycles. The fourth-order valence-corrected chi connectivity index (χ4v) is 4.20. The van der Waals surface area contributed by atoms with E-state index in [1.807, 2.05) is 18.2 Å². The number of rotatable bonds is 4. The number of furan rings is 1. The molecule has 0 spiro atoms. The number of hydrogen-bond acceptors (Lipinski definition) is 6. The molecule has 1 N–H and O–H groups in total. The highest BCUT2D eigenvalue weighted by atomic mass is 32.2. The van der Waals surface area contributed by atoms with Crippen LogP contribution in [0, 0.1) is 11.8 Å². The topological polar surface area (TPSA) is 58.4 Å². The number of hydrogen-bond donors (Lipinski definition) is 1. The third-order valence-electron chi connectivity index (χ3n) is 4.69. The van der Waals surface area contributed by atoms with Crippen LogP contribution in [0.4, 0.5) is 5.69 Å². The fourth-order valence-electron chi connectivity index (χ4n) is 3.18.